The van der Waals surface area contributed by atoms with Gasteiger partial charge >= 0.3 is 29.0 Å². The van der Waals surface area contributed by atoms with Crippen molar-refractivity contribution < 1.29 is 36.9 Å². The summed E-state index contributed by atoms with van der Waals surface area (Å²) in [4.78, 5) is 20.5. The van der Waals surface area contributed by atoms with Crippen LogP contribution in [0.3, 0.4) is 0 Å². The summed E-state index contributed by atoms with van der Waals surface area (Å²) in [6.45, 7) is 0. The minimum Gasteiger partial charge on any atom is -0.480 e. The molecule has 0 spiro atoms. The quantitative estimate of drug-likeness (QED) is 0.273. The molecule has 9 heteroatoms. The van der Waals surface area contributed by atoms with E-state index in [9.17, 15) is 9.59 Å². The Balaban J connectivity index is 0. The fourth-order valence-corrected chi connectivity index (χ4v) is 2.61. The van der Waals surface area contributed by atoms with Gasteiger partial charge in [-0.3, -0.25) is 9.59 Å². The third-order valence-electron chi connectivity index (χ3n) is 1.21. The van der Waals surface area contributed by atoms with Crippen molar-refractivity contribution in [2.45, 2.75) is 12.1 Å². The fraction of sp³-hybridized carbons (Fsp3) is 0.667. The normalized spacial score (nSPS) is 13.7. The summed E-state index contributed by atoms with van der Waals surface area (Å²) in [6, 6.07) is -1.85. The summed E-state index contributed by atoms with van der Waals surface area (Å²) in [5.41, 5.74) is 10.4. The molecule has 0 saturated heterocycles. The van der Waals surface area contributed by atoms with Gasteiger partial charge in [-0.05, 0) is 0 Å². The van der Waals surface area contributed by atoms with Crippen molar-refractivity contribution in [2.24, 2.45) is 11.5 Å². The molecule has 0 aliphatic rings. The Hall–Kier alpha value is 0.0795. The van der Waals surface area contributed by atoms with Gasteiger partial charge < -0.3 is 21.7 Å². The zero-order valence-corrected chi connectivity index (χ0v) is 10.4. The molecular formula is C6H12MnN2O4S2+2. The van der Waals surface area contributed by atoms with Crippen LogP contribution in [0.1, 0.15) is 0 Å². The van der Waals surface area contributed by atoms with Crippen molar-refractivity contribution in [2.75, 3.05) is 11.5 Å². The molecule has 0 aromatic carbocycles. The van der Waals surface area contributed by atoms with Gasteiger partial charge in [0.05, 0.1) is 0 Å². The summed E-state index contributed by atoms with van der Waals surface area (Å²) in [5, 5.41) is 16.8. The van der Waals surface area contributed by atoms with Gasteiger partial charge in [0.1, 0.15) is 12.1 Å². The van der Waals surface area contributed by atoms with Gasteiger partial charge in [-0.2, -0.15) is 0 Å². The third kappa shape index (κ3) is 9.03. The number of hydrogen-bond acceptors (Lipinski definition) is 6. The minimum absolute atomic E-state index is 0. The van der Waals surface area contributed by atoms with Gasteiger partial charge in [-0.25, -0.2) is 0 Å². The molecule has 0 aromatic heterocycles. The van der Waals surface area contributed by atoms with Crippen LogP contribution in [0.15, 0.2) is 0 Å². The van der Waals surface area contributed by atoms with E-state index in [1.165, 1.54) is 21.6 Å². The van der Waals surface area contributed by atoms with Crippen LogP contribution in [0.2, 0.25) is 0 Å². The van der Waals surface area contributed by atoms with Gasteiger partial charge in [0.2, 0.25) is 0 Å². The first-order chi connectivity index (χ1) is 6.45. The van der Waals surface area contributed by atoms with E-state index in [4.69, 9.17) is 21.7 Å². The summed E-state index contributed by atoms with van der Waals surface area (Å²) in [7, 11) is 2.41. The Bertz CT molecular complexity index is 197. The molecule has 6 nitrogen and oxygen atoms in total. The fourth-order valence-electron chi connectivity index (χ4n) is 0.385. The summed E-state index contributed by atoms with van der Waals surface area (Å²) < 4.78 is 0. The van der Waals surface area contributed by atoms with Crippen LogP contribution in [0.5, 0.6) is 0 Å². The van der Waals surface area contributed by atoms with E-state index in [1.54, 1.807) is 0 Å². The monoisotopic (exact) mass is 295 g/mol. The van der Waals surface area contributed by atoms with Crippen LogP contribution in [0.4, 0.5) is 0 Å². The van der Waals surface area contributed by atoms with Crippen LogP contribution >= 0.6 is 21.6 Å². The van der Waals surface area contributed by atoms with Gasteiger partial charge in [0.25, 0.3) is 0 Å². The molecule has 2 atom stereocenters. The first-order valence-corrected chi connectivity index (χ1v) is 6.15. The smallest absolute Gasteiger partial charge is 0.480 e. The molecule has 0 aliphatic heterocycles. The Labute approximate surface area is 105 Å². The van der Waals surface area contributed by atoms with Crippen molar-refractivity contribution in [3.63, 3.8) is 0 Å². The van der Waals surface area contributed by atoms with E-state index in [2.05, 4.69) is 0 Å². The summed E-state index contributed by atoms with van der Waals surface area (Å²) in [5.74, 6) is -1.68. The van der Waals surface area contributed by atoms with Crippen molar-refractivity contribution in [1.29, 1.82) is 0 Å². The van der Waals surface area contributed by atoms with E-state index in [1.807, 2.05) is 0 Å². The van der Waals surface area contributed by atoms with Crippen molar-refractivity contribution in [3.05, 3.63) is 0 Å². The van der Waals surface area contributed by atoms with Crippen LogP contribution in [0, 0.1) is 0 Å². The molecule has 0 saturated carbocycles. The van der Waals surface area contributed by atoms with Crippen molar-refractivity contribution in [1.82, 2.24) is 0 Å². The summed E-state index contributed by atoms with van der Waals surface area (Å²) >= 11 is 0. The number of rotatable bonds is 7. The Morgan fingerprint density at radius 1 is 1.00 bits per heavy atom. The van der Waals surface area contributed by atoms with Crippen LogP contribution < -0.4 is 11.5 Å². The second-order valence-electron chi connectivity index (χ2n) is 2.46. The Morgan fingerprint density at radius 3 is 1.47 bits per heavy atom. The van der Waals surface area contributed by atoms with Crippen molar-refractivity contribution in [3.8, 4) is 0 Å². The molecule has 0 fully saturated rings. The molecule has 0 bridgehead atoms. The maximum absolute atomic E-state index is 10.3. The molecule has 0 rings (SSSR count). The van der Waals surface area contributed by atoms with E-state index in [0.717, 1.165) is 0 Å². The van der Waals surface area contributed by atoms with E-state index in [0.29, 0.717) is 0 Å². The largest absolute Gasteiger partial charge is 2.00 e. The van der Waals surface area contributed by atoms with E-state index < -0.39 is 24.0 Å². The van der Waals surface area contributed by atoms with Gasteiger partial charge in [0.15, 0.2) is 0 Å². The molecule has 0 aromatic rings. The molecule has 0 heterocycles. The second kappa shape index (κ2) is 9.32. The number of hydrogen-bond donors (Lipinski definition) is 4. The van der Waals surface area contributed by atoms with Gasteiger partial charge in [0, 0.05) is 11.5 Å². The molecule has 0 amide bonds. The first kappa shape index (κ1) is 17.5. The second-order valence-corrected chi connectivity index (χ2v) is 5.01. The zero-order chi connectivity index (χ0) is 11.1. The minimum atomic E-state index is -1.07. The average molecular weight is 295 g/mol. The molecule has 1 radical (unpaired) electrons. The molecule has 15 heavy (non-hydrogen) atoms. The predicted octanol–water partition coefficient (Wildman–Crippen LogP) is -0.811. The topological polar surface area (TPSA) is 127 Å². The Kier molecular flexibility index (Phi) is 10.9. The SMILES string of the molecule is NC(CSSCC(N)C(=O)O)C(=O)O.[Mn+2]. The number of carbonyl (C=O) groups is 2. The molecule has 2 unspecified atom stereocenters. The van der Waals surface area contributed by atoms with E-state index in [-0.39, 0.29) is 28.6 Å². The number of aliphatic carboxylic acids is 2. The van der Waals surface area contributed by atoms with Crippen LogP contribution in [-0.2, 0) is 26.7 Å². The maximum Gasteiger partial charge on any atom is 2.00 e. The predicted molar refractivity (Wildman–Crippen MR) is 56.1 cm³/mol. The van der Waals surface area contributed by atoms with E-state index >= 15 is 0 Å². The average Bonchev–Trinajstić information content (AvgIpc) is 2.11. The number of carboxylic acids is 2. The van der Waals surface area contributed by atoms with Crippen LogP contribution in [-0.4, -0.2) is 45.7 Å². The third-order valence-corrected chi connectivity index (χ3v) is 3.69. The number of carboxylic acid groups (broad SMARTS) is 2. The molecule has 6 N–H and O–H groups in total. The molecule has 0 aliphatic carbocycles. The standard InChI is InChI=1S/C6H12N2O4S2.Mn/c7-3(5(9)10)1-13-14-2-4(8)6(11)12;/h3-4H,1-2,7-8H2,(H,9,10)(H,11,12);/q;+2. The van der Waals surface area contributed by atoms with Gasteiger partial charge in [-0.1, -0.05) is 21.6 Å². The Morgan fingerprint density at radius 2 is 1.27 bits per heavy atom. The molecular weight excluding hydrogens is 283 g/mol. The maximum atomic E-state index is 10.3. The number of nitrogens with two attached hydrogens (primary N) is 2. The molecule has 87 valence electrons. The zero-order valence-electron chi connectivity index (χ0n) is 7.63. The summed E-state index contributed by atoms with van der Waals surface area (Å²) in [6.07, 6.45) is 0. The first-order valence-electron chi connectivity index (χ1n) is 3.66. The van der Waals surface area contributed by atoms with Crippen LogP contribution in [0.25, 0.3) is 0 Å². The van der Waals surface area contributed by atoms with Crippen molar-refractivity contribution >= 4 is 33.5 Å². The van der Waals surface area contributed by atoms with Gasteiger partial charge in [-0.15, -0.1) is 0 Å².